The Hall–Kier alpha value is -2.61. The molecule has 0 bridgehead atoms. The van der Waals surface area contributed by atoms with Gasteiger partial charge in [-0.15, -0.1) is 0 Å². The minimum absolute atomic E-state index is 0.245. The van der Waals surface area contributed by atoms with Crippen molar-refractivity contribution in [2.75, 3.05) is 5.32 Å². The van der Waals surface area contributed by atoms with Crippen LogP contribution in [0.2, 0.25) is 0 Å². The molecule has 1 heterocycles. The van der Waals surface area contributed by atoms with Gasteiger partial charge in [0.15, 0.2) is 5.82 Å². The number of aryl methyl sites for hydroxylation is 3. The number of rotatable bonds is 2. The zero-order valence-corrected chi connectivity index (χ0v) is 11.1. The first kappa shape index (κ1) is 12.8. The van der Waals surface area contributed by atoms with Gasteiger partial charge in [0.05, 0.1) is 0 Å². The van der Waals surface area contributed by atoms with Crippen LogP contribution in [0.25, 0.3) is 0 Å². The summed E-state index contributed by atoms with van der Waals surface area (Å²) in [5, 5.41) is 15.7. The van der Waals surface area contributed by atoms with E-state index in [9.17, 15) is 4.79 Å². The van der Waals surface area contributed by atoms with E-state index in [1.54, 1.807) is 13.2 Å². The van der Waals surface area contributed by atoms with E-state index in [4.69, 9.17) is 5.26 Å². The lowest BCUT2D eigenvalue weighted by atomic mass is 10.0. The summed E-state index contributed by atoms with van der Waals surface area (Å²) in [5.74, 6) is 0.0449. The number of hydrogen-bond acceptors (Lipinski definition) is 3. The second-order valence-electron chi connectivity index (χ2n) is 4.40. The van der Waals surface area contributed by atoms with Crippen molar-refractivity contribution in [2.45, 2.75) is 13.8 Å². The fraction of sp³-hybridized carbons (Fsp3) is 0.214. The molecule has 19 heavy (non-hydrogen) atoms. The molecule has 0 aliphatic carbocycles. The van der Waals surface area contributed by atoms with Crippen molar-refractivity contribution in [3.63, 3.8) is 0 Å². The lowest BCUT2D eigenvalue weighted by molar-refractivity contribution is 0.102. The molecule has 1 N–H and O–H groups in total. The van der Waals surface area contributed by atoms with E-state index in [-0.39, 0.29) is 11.7 Å². The van der Waals surface area contributed by atoms with Gasteiger partial charge in [-0.05, 0) is 25.0 Å². The van der Waals surface area contributed by atoms with Crippen molar-refractivity contribution in [3.8, 4) is 6.07 Å². The second-order valence-corrected chi connectivity index (χ2v) is 4.40. The van der Waals surface area contributed by atoms with Crippen LogP contribution in [0.5, 0.6) is 0 Å². The Balaban J connectivity index is 2.34. The maximum Gasteiger partial charge on any atom is 0.257 e. The molecule has 1 aromatic carbocycles. The molecule has 1 aromatic heterocycles. The van der Waals surface area contributed by atoms with Gasteiger partial charge in [0.1, 0.15) is 11.6 Å². The number of benzene rings is 1. The number of amides is 1. The molecule has 0 spiro atoms. The Morgan fingerprint density at radius 2 is 2.00 bits per heavy atom. The summed E-state index contributed by atoms with van der Waals surface area (Å²) in [6, 6.07) is 7.67. The molecule has 0 aliphatic heterocycles. The van der Waals surface area contributed by atoms with E-state index < -0.39 is 0 Å². The molecular formula is C14H14N4O. The van der Waals surface area contributed by atoms with E-state index in [1.807, 2.05) is 38.1 Å². The molecule has 0 radical (unpaired) electrons. The van der Waals surface area contributed by atoms with Crippen LogP contribution in [0.15, 0.2) is 24.4 Å². The fourth-order valence-corrected chi connectivity index (χ4v) is 2.01. The van der Waals surface area contributed by atoms with Gasteiger partial charge in [-0.3, -0.25) is 9.48 Å². The third-order valence-electron chi connectivity index (χ3n) is 2.89. The van der Waals surface area contributed by atoms with Crippen LogP contribution in [0.1, 0.15) is 27.0 Å². The number of hydrogen-bond donors (Lipinski definition) is 1. The summed E-state index contributed by atoms with van der Waals surface area (Å²) in [4.78, 5) is 12.3. The minimum atomic E-state index is -0.245. The summed E-state index contributed by atoms with van der Waals surface area (Å²) < 4.78 is 1.50. The Kier molecular flexibility index (Phi) is 3.34. The molecule has 96 valence electrons. The van der Waals surface area contributed by atoms with Crippen LogP contribution in [-0.2, 0) is 7.05 Å². The van der Waals surface area contributed by atoms with Crippen LogP contribution in [0, 0.1) is 25.2 Å². The third-order valence-corrected chi connectivity index (χ3v) is 2.89. The molecule has 2 rings (SSSR count). The zero-order valence-electron chi connectivity index (χ0n) is 11.1. The molecule has 2 aromatic rings. The van der Waals surface area contributed by atoms with Gasteiger partial charge < -0.3 is 5.32 Å². The molecule has 0 saturated carbocycles. The first-order chi connectivity index (χ1) is 9.02. The van der Waals surface area contributed by atoms with Crippen LogP contribution in [0.4, 0.5) is 5.82 Å². The lowest BCUT2D eigenvalue weighted by Gasteiger charge is -2.08. The lowest BCUT2D eigenvalue weighted by Crippen LogP contribution is -2.16. The van der Waals surface area contributed by atoms with Crippen LogP contribution in [-0.4, -0.2) is 15.7 Å². The van der Waals surface area contributed by atoms with Gasteiger partial charge in [-0.2, -0.15) is 10.4 Å². The highest BCUT2D eigenvalue weighted by atomic mass is 16.1. The average Bonchev–Trinajstić information content (AvgIpc) is 2.69. The van der Waals surface area contributed by atoms with Gasteiger partial charge >= 0.3 is 0 Å². The highest BCUT2D eigenvalue weighted by molar-refractivity contribution is 6.06. The smallest absolute Gasteiger partial charge is 0.257 e. The summed E-state index contributed by atoms with van der Waals surface area (Å²) in [5.41, 5.74) is 2.76. The van der Waals surface area contributed by atoms with Gasteiger partial charge in [-0.1, -0.05) is 18.2 Å². The number of aromatic nitrogens is 2. The molecule has 1 amide bonds. The second kappa shape index (κ2) is 4.94. The van der Waals surface area contributed by atoms with E-state index in [0.717, 1.165) is 11.1 Å². The summed E-state index contributed by atoms with van der Waals surface area (Å²) in [7, 11) is 1.70. The quantitative estimate of drug-likeness (QED) is 0.892. The number of nitriles is 1. The molecule has 5 nitrogen and oxygen atoms in total. The van der Waals surface area contributed by atoms with Gasteiger partial charge in [0.25, 0.3) is 5.91 Å². The Morgan fingerprint density at radius 3 is 2.58 bits per heavy atom. The highest BCUT2D eigenvalue weighted by Crippen LogP contribution is 2.17. The van der Waals surface area contributed by atoms with E-state index in [1.165, 1.54) is 4.68 Å². The largest absolute Gasteiger partial charge is 0.304 e. The first-order valence-electron chi connectivity index (χ1n) is 5.84. The van der Waals surface area contributed by atoms with Crippen molar-refractivity contribution in [1.29, 1.82) is 5.26 Å². The number of carbonyl (C=O) groups excluding carboxylic acids is 1. The van der Waals surface area contributed by atoms with Crippen LogP contribution in [0.3, 0.4) is 0 Å². The zero-order chi connectivity index (χ0) is 14.0. The van der Waals surface area contributed by atoms with Crippen LogP contribution >= 0.6 is 0 Å². The minimum Gasteiger partial charge on any atom is -0.304 e. The van der Waals surface area contributed by atoms with Crippen molar-refractivity contribution in [3.05, 3.63) is 46.6 Å². The fourth-order valence-electron chi connectivity index (χ4n) is 2.01. The Morgan fingerprint density at radius 1 is 1.37 bits per heavy atom. The summed E-state index contributed by atoms with van der Waals surface area (Å²) >= 11 is 0. The van der Waals surface area contributed by atoms with Crippen molar-refractivity contribution in [1.82, 2.24) is 9.78 Å². The number of carbonyl (C=O) groups is 1. The molecule has 0 fully saturated rings. The standard InChI is InChI=1S/C14H14N4O/c1-9-5-4-6-10(2)12(9)14(19)16-13-11(7-15)8-18(3)17-13/h4-6,8H,1-3H3,(H,16,17,19). The van der Waals surface area contributed by atoms with E-state index >= 15 is 0 Å². The predicted octanol–water partition coefficient (Wildman–Crippen LogP) is 2.16. The highest BCUT2D eigenvalue weighted by Gasteiger charge is 2.15. The number of nitrogens with zero attached hydrogens (tertiary/aromatic N) is 3. The van der Waals surface area contributed by atoms with Gasteiger partial charge in [-0.25, -0.2) is 0 Å². The molecule has 0 aliphatic rings. The molecule has 5 heteroatoms. The summed E-state index contributed by atoms with van der Waals surface area (Å²) in [6.07, 6.45) is 1.57. The molecule has 0 saturated heterocycles. The molecule has 0 atom stereocenters. The van der Waals surface area contributed by atoms with Crippen molar-refractivity contribution in [2.24, 2.45) is 7.05 Å². The van der Waals surface area contributed by atoms with E-state index in [0.29, 0.717) is 11.1 Å². The number of anilines is 1. The van der Waals surface area contributed by atoms with E-state index in [2.05, 4.69) is 10.4 Å². The molecule has 0 unspecified atom stereocenters. The summed E-state index contributed by atoms with van der Waals surface area (Å²) in [6.45, 7) is 3.76. The monoisotopic (exact) mass is 254 g/mol. The van der Waals surface area contributed by atoms with Crippen molar-refractivity contribution < 1.29 is 4.79 Å². The number of nitrogens with one attached hydrogen (secondary N) is 1. The Bertz CT molecular complexity index is 659. The predicted molar refractivity (Wildman–Crippen MR) is 71.8 cm³/mol. The van der Waals surface area contributed by atoms with Gasteiger partial charge in [0.2, 0.25) is 0 Å². The maximum absolute atomic E-state index is 12.3. The maximum atomic E-state index is 12.3. The normalized spacial score (nSPS) is 10.0. The topological polar surface area (TPSA) is 70.7 Å². The van der Waals surface area contributed by atoms with Crippen LogP contribution < -0.4 is 5.32 Å². The van der Waals surface area contributed by atoms with Crippen molar-refractivity contribution >= 4 is 11.7 Å². The average molecular weight is 254 g/mol. The Labute approximate surface area is 111 Å². The molecular weight excluding hydrogens is 240 g/mol. The first-order valence-corrected chi connectivity index (χ1v) is 5.84. The van der Waals surface area contributed by atoms with Gasteiger partial charge in [0, 0.05) is 18.8 Å². The third kappa shape index (κ3) is 2.47. The SMILES string of the molecule is Cc1cccc(C)c1C(=O)Nc1nn(C)cc1C#N.